The highest BCUT2D eigenvalue weighted by Crippen LogP contribution is 2.21. The first kappa shape index (κ1) is 38.4. The van der Waals surface area contributed by atoms with E-state index >= 15 is 0 Å². The first-order valence-electron chi connectivity index (χ1n) is 15.1. The zero-order valence-electron chi connectivity index (χ0n) is 25.4. The number of rotatable bonds is 4. The van der Waals surface area contributed by atoms with Crippen molar-refractivity contribution in [3.05, 3.63) is 0 Å². The summed E-state index contributed by atoms with van der Waals surface area (Å²) in [5.41, 5.74) is 0. The maximum Gasteiger partial charge on any atom is 0.319 e. The van der Waals surface area contributed by atoms with Crippen molar-refractivity contribution in [2.75, 3.05) is 92.2 Å². The number of aliphatic hydroxyl groups excluding tert-OH is 8. The smallest absolute Gasteiger partial charge is 0.319 e. The Labute approximate surface area is 265 Å². The average molecular weight is 673 g/mol. The minimum Gasteiger partial charge on any atom is -0.394 e. The van der Waals surface area contributed by atoms with Gasteiger partial charge < -0.3 is 89.7 Å². The summed E-state index contributed by atoms with van der Waals surface area (Å²) in [7, 11) is 0. The van der Waals surface area contributed by atoms with Crippen molar-refractivity contribution in [3.8, 4) is 0 Å². The van der Waals surface area contributed by atoms with E-state index in [9.17, 15) is 50.4 Å². The molecule has 3 rings (SSSR count). The van der Waals surface area contributed by atoms with Crippen LogP contribution < -0.4 is 10.6 Å². The third-order valence-electron chi connectivity index (χ3n) is 7.66. The first-order chi connectivity index (χ1) is 22.1. The van der Waals surface area contributed by atoms with Crippen LogP contribution in [0.4, 0.5) is 9.59 Å². The maximum absolute atomic E-state index is 13.0. The molecule has 3 saturated heterocycles. The Morgan fingerprint density at radius 2 is 0.804 bits per heavy atom. The number of nitrogens with zero attached hydrogens (tertiary/aromatic N) is 2. The highest BCUT2D eigenvalue weighted by molar-refractivity contribution is 5.75. The Hall–Kier alpha value is -2.02. The van der Waals surface area contributed by atoms with Crippen molar-refractivity contribution in [2.24, 2.45) is 0 Å². The van der Waals surface area contributed by atoms with Crippen LogP contribution in [-0.2, 0) is 28.4 Å². The van der Waals surface area contributed by atoms with Crippen LogP contribution in [0.3, 0.4) is 0 Å². The Kier molecular flexibility index (Phi) is 16.5. The number of hydrogen-bond acceptors (Lipinski definition) is 16. The van der Waals surface area contributed by atoms with Gasteiger partial charge in [0.15, 0.2) is 12.5 Å². The molecule has 0 aromatic rings. The van der Waals surface area contributed by atoms with Gasteiger partial charge in [0.25, 0.3) is 0 Å². The summed E-state index contributed by atoms with van der Waals surface area (Å²) in [5.74, 6) is 0. The van der Waals surface area contributed by atoms with Gasteiger partial charge in [-0.2, -0.15) is 0 Å². The van der Waals surface area contributed by atoms with Crippen LogP contribution in [0.5, 0.6) is 0 Å². The van der Waals surface area contributed by atoms with Crippen LogP contribution in [0.2, 0.25) is 0 Å². The zero-order valence-corrected chi connectivity index (χ0v) is 25.4. The van der Waals surface area contributed by atoms with Crippen LogP contribution in [-0.4, -0.2) is 216 Å². The van der Waals surface area contributed by atoms with Gasteiger partial charge in [0.05, 0.1) is 66.1 Å². The predicted molar refractivity (Wildman–Crippen MR) is 151 cm³/mol. The number of carbonyl (C=O) groups is 2. The fourth-order valence-electron chi connectivity index (χ4n) is 4.84. The molecule has 268 valence electrons. The van der Waals surface area contributed by atoms with E-state index in [1.165, 1.54) is 9.80 Å². The van der Waals surface area contributed by atoms with Crippen molar-refractivity contribution >= 4 is 12.1 Å². The highest BCUT2D eigenvalue weighted by atomic mass is 16.6. The minimum atomic E-state index is -1.65. The normalized spacial score (nSPS) is 36.7. The van der Waals surface area contributed by atoms with Crippen LogP contribution in [0.1, 0.15) is 0 Å². The number of hydrogen-bond donors (Lipinski definition) is 10. The lowest BCUT2D eigenvalue weighted by Crippen LogP contribution is -2.64. The van der Waals surface area contributed by atoms with E-state index in [2.05, 4.69) is 10.6 Å². The molecule has 10 atom stereocenters. The van der Waals surface area contributed by atoms with Gasteiger partial charge >= 0.3 is 12.1 Å². The van der Waals surface area contributed by atoms with Crippen molar-refractivity contribution in [3.63, 3.8) is 0 Å². The van der Waals surface area contributed by atoms with Gasteiger partial charge in [0.2, 0.25) is 0 Å². The predicted octanol–water partition coefficient (Wildman–Crippen LogP) is -6.31. The molecule has 3 fully saturated rings. The SMILES string of the molecule is O=C(N[C@@H]1O[C@H](CO)[C@@H](O)[C@H](O)[C@H]1O)N1CCOCCOCCN(C(=O)N[C@@H]2O[C@H](CO)[C@@H](O)[C@H](O)[C@H]2O)CCOCCOCC1. The molecule has 20 nitrogen and oxygen atoms in total. The number of aliphatic hydroxyl groups is 8. The molecule has 0 aliphatic carbocycles. The first-order valence-corrected chi connectivity index (χ1v) is 15.1. The second-order valence-corrected chi connectivity index (χ2v) is 10.8. The third-order valence-corrected chi connectivity index (χ3v) is 7.66. The third kappa shape index (κ3) is 11.0. The number of nitrogens with one attached hydrogen (secondary N) is 2. The Morgan fingerprint density at radius 3 is 1.09 bits per heavy atom. The minimum absolute atomic E-state index is 0.0994. The lowest BCUT2D eigenvalue weighted by Gasteiger charge is -2.40. The van der Waals surface area contributed by atoms with E-state index in [-0.39, 0.29) is 79.0 Å². The van der Waals surface area contributed by atoms with E-state index in [0.717, 1.165) is 0 Å². The Morgan fingerprint density at radius 1 is 0.500 bits per heavy atom. The van der Waals surface area contributed by atoms with Gasteiger partial charge in [0, 0.05) is 26.2 Å². The molecule has 0 aromatic heterocycles. The fourth-order valence-corrected chi connectivity index (χ4v) is 4.84. The second kappa shape index (κ2) is 19.7. The molecule has 0 saturated carbocycles. The second-order valence-electron chi connectivity index (χ2n) is 10.8. The van der Waals surface area contributed by atoms with Crippen LogP contribution >= 0.6 is 0 Å². The largest absolute Gasteiger partial charge is 0.394 e. The van der Waals surface area contributed by atoms with Gasteiger partial charge in [-0.25, -0.2) is 9.59 Å². The molecule has 20 heteroatoms. The molecular formula is C26H48N4O16. The number of amides is 4. The van der Waals surface area contributed by atoms with Gasteiger partial charge in [0.1, 0.15) is 48.8 Å². The van der Waals surface area contributed by atoms with Crippen LogP contribution in [0, 0.1) is 0 Å². The molecule has 0 unspecified atom stereocenters. The summed E-state index contributed by atoms with van der Waals surface area (Å²) in [4.78, 5) is 28.6. The van der Waals surface area contributed by atoms with E-state index in [1.807, 2.05) is 0 Å². The molecule has 0 bridgehead atoms. The van der Waals surface area contributed by atoms with Gasteiger partial charge in [-0.3, -0.25) is 0 Å². The summed E-state index contributed by atoms with van der Waals surface area (Å²) in [6, 6.07) is -1.33. The van der Waals surface area contributed by atoms with E-state index in [4.69, 9.17) is 28.4 Å². The van der Waals surface area contributed by atoms with Crippen LogP contribution in [0.25, 0.3) is 0 Å². The van der Waals surface area contributed by atoms with Crippen molar-refractivity contribution in [1.29, 1.82) is 0 Å². The summed E-state index contributed by atoms with van der Waals surface area (Å²) < 4.78 is 33.0. The lowest BCUT2D eigenvalue weighted by atomic mass is 9.98. The molecule has 0 radical (unpaired) electrons. The topological polar surface area (TPSA) is 282 Å². The van der Waals surface area contributed by atoms with E-state index in [1.54, 1.807) is 0 Å². The van der Waals surface area contributed by atoms with E-state index in [0.29, 0.717) is 0 Å². The molecule has 4 amide bonds. The van der Waals surface area contributed by atoms with Gasteiger partial charge in [-0.05, 0) is 0 Å². The van der Waals surface area contributed by atoms with Gasteiger partial charge in [-0.1, -0.05) is 0 Å². The van der Waals surface area contributed by atoms with Crippen LogP contribution in [0.15, 0.2) is 0 Å². The summed E-state index contributed by atoms with van der Waals surface area (Å²) in [6.45, 7) is 0.152. The summed E-state index contributed by atoms with van der Waals surface area (Å²) in [6.07, 6.45) is -14.8. The maximum atomic E-state index is 13.0. The highest BCUT2D eigenvalue weighted by Gasteiger charge is 2.45. The van der Waals surface area contributed by atoms with E-state index < -0.39 is 86.6 Å². The zero-order chi connectivity index (χ0) is 33.6. The lowest BCUT2D eigenvalue weighted by molar-refractivity contribution is -0.233. The molecule has 10 N–H and O–H groups in total. The summed E-state index contributed by atoms with van der Waals surface area (Å²) in [5, 5.41) is 84.1. The quantitative estimate of drug-likeness (QED) is 0.133. The Balaban J connectivity index is 1.49. The molecule has 46 heavy (non-hydrogen) atoms. The Bertz CT molecular complexity index is 816. The molecule has 0 spiro atoms. The monoisotopic (exact) mass is 672 g/mol. The molecule has 0 aromatic carbocycles. The molecule has 3 heterocycles. The molecular weight excluding hydrogens is 624 g/mol. The molecule has 3 aliphatic heterocycles. The average Bonchev–Trinajstić information content (AvgIpc) is 3.04. The van der Waals surface area contributed by atoms with Crippen molar-refractivity contribution in [2.45, 2.75) is 61.3 Å². The number of ether oxygens (including phenoxy) is 6. The standard InChI is InChI=1S/C26H48N4O16/c31-13-15-17(33)19(35)21(37)23(45-15)27-25(39)29-1-5-41-9-10-43-7-3-30(4-8-44-12-11-42-6-2-29)26(40)28-24-22(38)20(36)18(34)16(14-32)46-24/h15-24,31-38H,1-14H2,(H,27,39)(H,28,40)/t15-,16-,17-,18-,19+,20+,21-,22-,23-,24-/m1/s1. The van der Waals surface area contributed by atoms with Gasteiger partial charge in [-0.15, -0.1) is 0 Å². The fraction of sp³-hybridized carbons (Fsp3) is 0.923. The van der Waals surface area contributed by atoms with Crippen molar-refractivity contribution in [1.82, 2.24) is 20.4 Å². The summed E-state index contributed by atoms with van der Waals surface area (Å²) >= 11 is 0. The molecule has 3 aliphatic rings. The number of urea groups is 2. The number of carbonyl (C=O) groups excluding carboxylic acids is 2. The van der Waals surface area contributed by atoms with Crippen molar-refractivity contribution < 1.29 is 78.9 Å².